The SMILES string of the molecule is O=C(c1ccc2ccccc2c1)N1CCc2cc(S(=O)(=O)N3CCOCC3)ccc21. The number of sulfonamides is 1. The highest BCUT2D eigenvalue weighted by Gasteiger charge is 2.30. The zero-order chi connectivity index (χ0) is 20.7. The van der Waals surface area contributed by atoms with E-state index in [4.69, 9.17) is 4.74 Å². The number of ether oxygens (including phenoxy) is 1. The molecule has 30 heavy (non-hydrogen) atoms. The lowest BCUT2D eigenvalue weighted by Gasteiger charge is -2.26. The summed E-state index contributed by atoms with van der Waals surface area (Å²) in [5.74, 6) is -0.0664. The Morgan fingerprint density at radius 2 is 1.63 bits per heavy atom. The Kier molecular flexibility index (Phi) is 4.81. The van der Waals surface area contributed by atoms with Gasteiger partial charge in [0.1, 0.15) is 0 Å². The lowest BCUT2D eigenvalue weighted by atomic mass is 10.1. The number of morpholine rings is 1. The Bertz CT molecular complexity index is 1230. The molecule has 0 spiro atoms. The molecule has 7 heteroatoms. The fourth-order valence-electron chi connectivity index (χ4n) is 4.16. The van der Waals surface area contributed by atoms with Gasteiger partial charge in [0, 0.05) is 30.9 Å². The van der Waals surface area contributed by atoms with Gasteiger partial charge in [0.25, 0.3) is 5.91 Å². The monoisotopic (exact) mass is 422 g/mol. The first kappa shape index (κ1) is 19.2. The Balaban J connectivity index is 1.43. The molecule has 2 heterocycles. The first-order chi connectivity index (χ1) is 14.5. The van der Waals surface area contributed by atoms with Gasteiger partial charge in [0.05, 0.1) is 18.1 Å². The normalized spacial score (nSPS) is 17.3. The summed E-state index contributed by atoms with van der Waals surface area (Å²) in [6, 6.07) is 18.7. The second-order valence-electron chi connectivity index (χ2n) is 7.58. The van der Waals surface area contributed by atoms with Gasteiger partial charge in [0.2, 0.25) is 10.0 Å². The number of benzene rings is 3. The molecule has 1 amide bonds. The van der Waals surface area contributed by atoms with Crippen LogP contribution in [0.3, 0.4) is 0 Å². The molecular weight excluding hydrogens is 400 g/mol. The summed E-state index contributed by atoms with van der Waals surface area (Å²) < 4.78 is 32.6. The first-order valence-electron chi connectivity index (χ1n) is 10.1. The fraction of sp³-hybridized carbons (Fsp3) is 0.261. The molecule has 0 bridgehead atoms. The summed E-state index contributed by atoms with van der Waals surface area (Å²) >= 11 is 0. The molecule has 0 aromatic heterocycles. The molecule has 6 nitrogen and oxygen atoms in total. The van der Waals surface area contributed by atoms with Crippen molar-refractivity contribution in [3.05, 3.63) is 71.8 Å². The highest BCUT2D eigenvalue weighted by Crippen LogP contribution is 2.32. The topological polar surface area (TPSA) is 66.9 Å². The molecule has 5 rings (SSSR count). The molecule has 3 aromatic rings. The number of fused-ring (bicyclic) bond motifs is 2. The lowest BCUT2D eigenvalue weighted by Crippen LogP contribution is -2.40. The number of rotatable bonds is 3. The van der Waals surface area contributed by atoms with E-state index in [0.717, 1.165) is 22.0 Å². The van der Waals surface area contributed by atoms with Gasteiger partial charge in [-0.2, -0.15) is 4.31 Å². The number of nitrogens with zero attached hydrogens (tertiary/aromatic N) is 2. The van der Waals surface area contributed by atoms with Crippen LogP contribution in [-0.2, 0) is 21.2 Å². The number of amides is 1. The Hall–Kier alpha value is -2.74. The van der Waals surface area contributed by atoms with Gasteiger partial charge in [-0.3, -0.25) is 4.79 Å². The van der Waals surface area contributed by atoms with E-state index in [9.17, 15) is 13.2 Å². The Morgan fingerprint density at radius 1 is 0.867 bits per heavy atom. The summed E-state index contributed by atoms with van der Waals surface area (Å²) in [7, 11) is -3.55. The van der Waals surface area contributed by atoms with Crippen molar-refractivity contribution < 1.29 is 17.9 Å². The number of hydrogen-bond acceptors (Lipinski definition) is 4. The van der Waals surface area contributed by atoms with Crippen LogP contribution in [0.5, 0.6) is 0 Å². The molecule has 0 N–H and O–H groups in total. The molecule has 3 aromatic carbocycles. The predicted octanol–water partition coefficient (Wildman–Crippen LogP) is 3.06. The molecule has 0 atom stereocenters. The fourth-order valence-corrected chi connectivity index (χ4v) is 5.62. The van der Waals surface area contributed by atoms with Crippen LogP contribution < -0.4 is 4.90 Å². The van der Waals surface area contributed by atoms with E-state index in [1.54, 1.807) is 23.1 Å². The van der Waals surface area contributed by atoms with Gasteiger partial charge in [0.15, 0.2) is 0 Å². The standard InChI is InChI=1S/C23H22N2O4S/c26-23(20-6-5-17-3-1-2-4-18(17)15-20)25-10-9-19-16-21(7-8-22(19)25)30(27,28)24-11-13-29-14-12-24/h1-8,15-16H,9-14H2. The van der Waals surface area contributed by atoms with Crippen LogP contribution in [0.1, 0.15) is 15.9 Å². The van der Waals surface area contributed by atoms with Crippen LogP contribution >= 0.6 is 0 Å². The molecule has 0 aliphatic carbocycles. The van der Waals surface area contributed by atoms with E-state index in [2.05, 4.69) is 0 Å². The summed E-state index contributed by atoms with van der Waals surface area (Å²) in [5.41, 5.74) is 2.30. The summed E-state index contributed by atoms with van der Waals surface area (Å²) in [6.45, 7) is 2.11. The second-order valence-corrected chi connectivity index (χ2v) is 9.51. The predicted molar refractivity (Wildman–Crippen MR) is 115 cm³/mol. The minimum atomic E-state index is -3.55. The Labute approximate surface area is 175 Å². The van der Waals surface area contributed by atoms with E-state index in [0.29, 0.717) is 44.8 Å². The number of anilines is 1. The summed E-state index contributed by atoms with van der Waals surface area (Å²) in [5, 5.41) is 2.11. The largest absolute Gasteiger partial charge is 0.379 e. The van der Waals surface area contributed by atoms with Crippen LogP contribution in [0.2, 0.25) is 0 Å². The zero-order valence-corrected chi connectivity index (χ0v) is 17.3. The highest BCUT2D eigenvalue weighted by atomic mass is 32.2. The van der Waals surface area contributed by atoms with Crippen LogP contribution in [0.25, 0.3) is 10.8 Å². The van der Waals surface area contributed by atoms with Crippen LogP contribution in [0.4, 0.5) is 5.69 Å². The molecule has 154 valence electrons. The van der Waals surface area contributed by atoms with Crippen molar-refractivity contribution in [3.63, 3.8) is 0 Å². The van der Waals surface area contributed by atoms with Gasteiger partial charge in [-0.05, 0) is 53.1 Å². The first-order valence-corrected chi connectivity index (χ1v) is 11.5. The maximum absolute atomic E-state index is 13.2. The van der Waals surface area contributed by atoms with Gasteiger partial charge in [-0.15, -0.1) is 0 Å². The van der Waals surface area contributed by atoms with Crippen LogP contribution in [-0.4, -0.2) is 51.5 Å². The van der Waals surface area contributed by atoms with Crippen molar-refractivity contribution in [3.8, 4) is 0 Å². The number of carbonyl (C=O) groups excluding carboxylic acids is 1. The molecule has 1 fully saturated rings. The van der Waals surface area contributed by atoms with E-state index in [1.165, 1.54) is 4.31 Å². The van der Waals surface area contributed by atoms with Gasteiger partial charge in [-0.25, -0.2) is 8.42 Å². The minimum absolute atomic E-state index is 0.0664. The van der Waals surface area contributed by atoms with Crippen molar-refractivity contribution >= 4 is 32.4 Å². The van der Waals surface area contributed by atoms with Gasteiger partial charge in [-0.1, -0.05) is 30.3 Å². The third kappa shape index (κ3) is 3.29. The number of carbonyl (C=O) groups is 1. The van der Waals surface area contributed by atoms with Gasteiger partial charge < -0.3 is 9.64 Å². The minimum Gasteiger partial charge on any atom is -0.379 e. The quantitative estimate of drug-likeness (QED) is 0.651. The maximum Gasteiger partial charge on any atom is 0.258 e. The molecule has 0 radical (unpaired) electrons. The molecule has 0 saturated carbocycles. The second kappa shape index (κ2) is 7.50. The van der Waals surface area contributed by atoms with Gasteiger partial charge >= 0.3 is 0 Å². The molecular formula is C23H22N2O4S. The van der Waals surface area contributed by atoms with E-state index < -0.39 is 10.0 Å². The molecule has 2 aliphatic rings. The summed E-state index contributed by atoms with van der Waals surface area (Å²) in [6.07, 6.45) is 0.640. The average Bonchev–Trinajstić information content (AvgIpc) is 3.22. The van der Waals surface area contributed by atoms with E-state index >= 15 is 0 Å². The van der Waals surface area contributed by atoms with Crippen LogP contribution in [0.15, 0.2) is 65.6 Å². The van der Waals surface area contributed by atoms with Crippen molar-refractivity contribution in [1.82, 2.24) is 4.31 Å². The molecule has 1 saturated heterocycles. The zero-order valence-electron chi connectivity index (χ0n) is 16.5. The van der Waals surface area contributed by atoms with Crippen molar-refractivity contribution in [1.29, 1.82) is 0 Å². The number of hydrogen-bond donors (Lipinski definition) is 0. The van der Waals surface area contributed by atoms with E-state index in [1.807, 2.05) is 42.5 Å². The van der Waals surface area contributed by atoms with Crippen molar-refractivity contribution in [2.24, 2.45) is 0 Å². The summed E-state index contributed by atoms with van der Waals surface area (Å²) in [4.78, 5) is 15.2. The lowest BCUT2D eigenvalue weighted by molar-refractivity contribution is 0.0730. The molecule has 0 unspecified atom stereocenters. The third-order valence-corrected chi connectivity index (χ3v) is 7.69. The smallest absolute Gasteiger partial charge is 0.258 e. The highest BCUT2D eigenvalue weighted by molar-refractivity contribution is 7.89. The average molecular weight is 423 g/mol. The van der Waals surface area contributed by atoms with E-state index in [-0.39, 0.29) is 10.8 Å². The van der Waals surface area contributed by atoms with Crippen LogP contribution in [0, 0.1) is 0 Å². The van der Waals surface area contributed by atoms with Crippen molar-refractivity contribution in [2.45, 2.75) is 11.3 Å². The van der Waals surface area contributed by atoms with Crippen molar-refractivity contribution in [2.75, 3.05) is 37.7 Å². The Morgan fingerprint density at radius 3 is 2.43 bits per heavy atom. The maximum atomic E-state index is 13.2. The third-order valence-electron chi connectivity index (χ3n) is 5.80. The molecule has 2 aliphatic heterocycles.